The van der Waals surface area contributed by atoms with Crippen LogP contribution in [0.15, 0.2) is 58.8 Å². The Morgan fingerprint density at radius 1 is 1.13 bits per heavy atom. The van der Waals surface area contributed by atoms with Crippen molar-refractivity contribution in [3.05, 3.63) is 54.1 Å². The van der Waals surface area contributed by atoms with Gasteiger partial charge in [-0.3, -0.25) is 4.79 Å². The summed E-state index contributed by atoms with van der Waals surface area (Å²) in [5.41, 5.74) is 5.30. The van der Waals surface area contributed by atoms with Crippen LogP contribution in [0.4, 0.5) is 0 Å². The van der Waals surface area contributed by atoms with Crippen LogP contribution in [0.1, 0.15) is 44.6 Å². The first kappa shape index (κ1) is 21.9. The number of rotatable bonds is 12. The van der Waals surface area contributed by atoms with Crippen LogP contribution >= 0.6 is 11.8 Å². The van der Waals surface area contributed by atoms with Crippen molar-refractivity contribution in [2.75, 3.05) is 12.4 Å². The van der Waals surface area contributed by atoms with Crippen LogP contribution in [-0.2, 0) is 4.79 Å². The molecule has 3 rings (SSSR count). The van der Waals surface area contributed by atoms with Crippen LogP contribution in [0.25, 0.3) is 11.0 Å². The third-order valence-corrected chi connectivity index (χ3v) is 5.38. The Bertz CT molecular complexity index is 920. The van der Waals surface area contributed by atoms with E-state index in [9.17, 15) is 4.79 Å². The maximum absolute atomic E-state index is 12.0. The molecule has 0 unspecified atom stereocenters. The average molecular weight is 425 g/mol. The Hall–Kier alpha value is -2.80. The van der Waals surface area contributed by atoms with Crippen molar-refractivity contribution in [3.8, 4) is 5.75 Å². The number of hydrazone groups is 1. The number of nitrogens with zero attached hydrogens (tertiary/aromatic N) is 2. The Labute approximate surface area is 181 Å². The predicted molar refractivity (Wildman–Crippen MR) is 123 cm³/mol. The van der Waals surface area contributed by atoms with Gasteiger partial charge in [0.1, 0.15) is 5.75 Å². The summed E-state index contributed by atoms with van der Waals surface area (Å²) < 4.78 is 5.75. The molecular formula is C23H28N4O2S. The number of aromatic nitrogens is 2. The minimum atomic E-state index is -0.181. The molecule has 0 fully saturated rings. The molecule has 7 heteroatoms. The summed E-state index contributed by atoms with van der Waals surface area (Å²) in [6, 6.07) is 15.5. The maximum atomic E-state index is 12.0. The monoisotopic (exact) mass is 424 g/mol. The van der Waals surface area contributed by atoms with Crippen LogP contribution in [-0.4, -0.2) is 34.4 Å². The molecule has 30 heavy (non-hydrogen) atoms. The van der Waals surface area contributed by atoms with Crippen LogP contribution in [0, 0.1) is 0 Å². The van der Waals surface area contributed by atoms with Crippen molar-refractivity contribution in [2.45, 2.75) is 44.2 Å². The van der Waals surface area contributed by atoms with Gasteiger partial charge in [-0.15, -0.1) is 0 Å². The van der Waals surface area contributed by atoms with E-state index in [2.05, 4.69) is 27.4 Å². The number of H-pyrrole nitrogens is 1. The van der Waals surface area contributed by atoms with Crippen molar-refractivity contribution in [1.29, 1.82) is 0 Å². The zero-order chi connectivity index (χ0) is 21.0. The second-order valence-corrected chi connectivity index (χ2v) is 7.94. The van der Waals surface area contributed by atoms with Gasteiger partial charge in [-0.05, 0) is 48.4 Å². The molecule has 0 spiro atoms. The van der Waals surface area contributed by atoms with Crippen molar-refractivity contribution in [2.24, 2.45) is 5.10 Å². The molecule has 0 saturated carbocycles. The SMILES string of the molecule is CCCCCCCOc1ccc(/C=N\NC(=O)CSc2nc3ccccc3[nH]2)cc1. The number of amides is 1. The summed E-state index contributed by atoms with van der Waals surface area (Å²) >= 11 is 1.35. The van der Waals surface area contributed by atoms with Gasteiger partial charge in [0.15, 0.2) is 5.16 Å². The number of ether oxygens (including phenoxy) is 1. The number of hydrogen-bond donors (Lipinski definition) is 2. The van der Waals surface area contributed by atoms with Crippen LogP contribution in [0.5, 0.6) is 5.75 Å². The van der Waals surface area contributed by atoms with E-state index < -0.39 is 0 Å². The third kappa shape index (κ3) is 7.22. The number of unbranched alkanes of at least 4 members (excludes halogenated alkanes) is 4. The smallest absolute Gasteiger partial charge is 0.250 e. The number of thioether (sulfide) groups is 1. The molecule has 0 saturated heterocycles. The number of nitrogens with one attached hydrogen (secondary N) is 2. The van der Waals surface area contributed by atoms with Gasteiger partial charge in [0.2, 0.25) is 0 Å². The number of imidazole rings is 1. The number of fused-ring (bicyclic) bond motifs is 1. The zero-order valence-corrected chi connectivity index (χ0v) is 18.1. The lowest BCUT2D eigenvalue weighted by molar-refractivity contribution is -0.118. The highest BCUT2D eigenvalue weighted by molar-refractivity contribution is 7.99. The number of carbonyl (C=O) groups is 1. The molecule has 6 nitrogen and oxygen atoms in total. The summed E-state index contributed by atoms with van der Waals surface area (Å²) in [5, 5.41) is 4.74. The van der Waals surface area contributed by atoms with Gasteiger partial charge in [-0.1, -0.05) is 56.5 Å². The maximum Gasteiger partial charge on any atom is 0.250 e. The quantitative estimate of drug-likeness (QED) is 0.182. The van der Waals surface area contributed by atoms with Crippen molar-refractivity contribution in [3.63, 3.8) is 0 Å². The van der Waals surface area contributed by atoms with Gasteiger partial charge in [-0.2, -0.15) is 5.10 Å². The predicted octanol–water partition coefficient (Wildman–Crippen LogP) is 5.15. The fourth-order valence-corrected chi connectivity index (χ4v) is 3.57. The van der Waals surface area contributed by atoms with Gasteiger partial charge in [0.05, 0.1) is 29.6 Å². The number of benzene rings is 2. The van der Waals surface area contributed by atoms with E-state index in [4.69, 9.17) is 4.74 Å². The van der Waals surface area contributed by atoms with Crippen LogP contribution in [0.2, 0.25) is 0 Å². The molecule has 2 aromatic carbocycles. The molecule has 158 valence electrons. The summed E-state index contributed by atoms with van der Waals surface area (Å²) in [6.07, 6.45) is 7.75. The summed E-state index contributed by atoms with van der Waals surface area (Å²) in [6.45, 7) is 2.96. The number of carbonyl (C=O) groups excluding carboxylic acids is 1. The average Bonchev–Trinajstić information content (AvgIpc) is 3.19. The Morgan fingerprint density at radius 2 is 1.93 bits per heavy atom. The lowest BCUT2D eigenvalue weighted by Crippen LogP contribution is -2.19. The van der Waals surface area contributed by atoms with E-state index in [0.717, 1.165) is 40.5 Å². The highest BCUT2D eigenvalue weighted by Gasteiger charge is 2.06. The number of para-hydroxylation sites is 2. The first-order valence-electron chi connectivity index (χ1n) is 10.4. The van der Waals surface area contributed by atoms with E-state index in [1.165, 1.54) is 37.4 Å². The molecule has 0 aliphatic rings. The molecule has 0 radical (unpaired) electrons. The highest BCUT2D eigenvalue weighted by atomic mass is 32.2. The summed E-state index contributed by atoms with van der Waals surface area (Å²) in [7, 11) is 0. The summed E-state index contributed by atoms with van der Waals surface area (Å²) in [4.78, 5) is 19.6. The van der Waals surface area contributed by atoms with Gasteiger partial charge < -0.3 is 9.72 Å². The van der Waals surface area contributed by atoms with Crippen molar-refractivity contribution in [1.82, 2.24) is 15.4 Å². The third-order valence-electron chi connectivity index (χ3n) is 4.51. The summed E-state index contributed by atoms with van der Waals surface area (Å²) in [5.74, 6) is 0.913. The molecular weight excluding hydrogens is 396 g/mol. The van der Waals surface area contributed by atoms with Gasteiger partial charge in [0, 0.05) is 0 Å². The van der Waals surface area contributed by atoms with Gasteiger partial charge in [0.25, 0.3) is 5.91 Å². The van der Waals surface area contributed by atoms with Crippen molar-refractivity contribution < 1.29 is 9.53 Å². The molecule has 0 bridgehead atoms. The van der Waals surface area contributed by atoms with Gasteiger partial charge in [-0.25, -0.2) is 10.4 Å². The Balaban J connectivity index is 1.35. The second kappa shape index (κ2) is 12.0. The fourth-order valence-electron chi connectivity index (χ4n) is 2.89. The number of aromatic amines is 1. The minimum Gasteiger partial charge on any atom is -0.494 e. The molecule has 0 atom stereocenters. The Kier molecular flexibility index (Phi) is 8.78. The molecule has 1 aromatic heterocycles. The Morgan fingerprint density at radius 3 is 2.73 bits per heavy atom. The van der Waals surface area contributed by atoms with Gasteiger partial charge >= 0.3 is 0 Å². The van der Waals surface area contributed by atoms with E-state index in [-0.39, 0.29) is 11.7 Å². The molecule has 0 aliphatic carbocycles. The first-order chi connectivity index (χ1) is 14.7. The van der Waals surface area contributed by atoms with Crippen molar-refractivity contribution >= 4 is 34.9 Å². The van der Waals surface area contributed by atoms with E-state index in [1.54, 1.807) is 6.21 Å². The first-order valence-corrected chi connectivity index (χ1v) is 11.4. The number of hydrogen-bond acceptors (Lipinski definition) is 5. The fraction of sp³-hybridized carbons (Fsp3) is 0.348. The van der Waals surface area contributed by atoms with Crippen LogP contribution < -0.4 is 10.2 Å². The minimum absolute atomic E-state index is 0.181. The molecule has 2 N–H and O–H groups in total. The second-order valence-electron chi connectivity index (χ2n) is 6.97. The molecule has 0 aliphatic heterocycles. The lowest BCUT2D eigenvalue weighted by atomic mass is 10.2. The van der Waals surface area contributed by atoms with E-state index in [0.29, 0.717) is 0 Å². The lowest BCUT2D eigenvalue weighted by Gasteiger charge is -2.06. The topological polar surface area (TPSA) is 79.4 Å². The largest absolute Gasteiger partial charge is 0.494 e. The molecule has 1 amide bonds. The molecule has 1 heterocycles. The zero-order valence-electron chi connectivity index (χ0n) is 17.3. The van der Waals surface area contributed by atoms with E-state index >= 15 is 0 Å². The normalized spacial score (nSPS) is 11.2. The molecule has 3 aromatic rings. The van der Waals surface area contributed by atoms with Crippen LogP contribution in [0.3, 0.4) is 0 Å². The van der Waals surface area contributed by atoms with E-state index in [1.807, 2.05) is 48.5 Å². The standard InChI is InChI=1S/C23H28N4O2S/c1-2-3-4-5-8-15-29-19-13-11-18(12-14-19)16-24-27-22(28)17-30-23-25-20-9-6-7-10-21(20)26-23/h6-7,9-14,16H,2-5,8,15,17H2,1H3,(H,25,26)(H,27,28)/b24-16-. The highest BCUT2D eigenvalue weighted by Crippen LogP contribution is 2.18.